The molecule has 1 atom stereocenters. The molecule has 6 heteroatoms. The minimum atomic E-state index is -0.499. The van der Waals surface area contributed by atoms with Gasteiger partial charge in [-0.3, -0.25) is 0 Å². The van der Waals surface area contributed by atoms with Crippen LogP contribution in [0.1, 0.15) is 44.3 Å². The van der Waals surface area contributed by atoms with Crippen molar-refractivity contribution in [2.24, 2.45) is 0 Å². The molecule has 2 aromatic rings. The number of benzene rings is 1. The molecule has 0 bridgehead atoms. The molecule has 0 aliphatic rings. The predicted molar refractivity (Wildman–Crippen MR) is 93.7 cm³/mol. The Balaban J connectivity index is 1.99. The molecular weight excluding hydrogens is 310 g/mol. The Morgan fingerprint density at radius 2 is 2.09 bits per heavy atom. The van der Waals surface area contributed by atoms with Gasteiger partial charge in [0.25, 0.3) is 0 Å². The molecule has 0 fully saturated rings. The maximum atomic E-state index is 11.8. The average molecular weight is 333 g/mol. The summed E-state index contributed by atoms with van der Waals surface area (Å²) in [5.41, 5.74) is 1.48. The summed E-state index contributed by atoms with van der Waals surface area (Å²) in [4.78, 5) is 16.1. The van der Waals surface area contributed by atoms with Crippen LogP contribution in [-0.4, -0.2) is 16.7 Å². The maximum Gasteiger partial charge on any atom is 0.407 e. The third-order valence-corrected chi connectivity index (χ3v) is 3.99. The van der Waals surface area contributed by atoms with E-state index in [1.54, 1.807) is 17.5 Å². The van der Waals surface area contributed by atoms with Crippen molar-refractivity contribution in [3.63, 3.8) is 0 Å². The van der Waals surface area contributed by atoms with E-state index in [4.69, 9.17) is 4.74 Å². The molecule has 2 rings (SSSR count). The molecule has 0 saturated heterocycles. The van der Waals surface area contributed by atoms with Crippen molar-refractivity contribution in [1.29, 1.82) is 0 Å². The number of carbonyl (C=O) groups is 1. The lowest BCUT2D eigenvalue weighted by atomic mass is 10.1. The van der Waals surface area contributed by atoms with Gasteiger partial charge in [0.15, 0.2) is 0 Å². The first-order valence-corrected chi connectivity index (χ1v) is 8.44. The number of thiazole rings is 1. The summed E-state index contributed by atoms with van der Waals surface area (Å²) in [7, 11) is 0. The molecular formula is C17H23N3O2S. The third-order valence-electron chi connectivity index (χ3n) is 3.03. The highest BCUT2D eigenvalue weighted by Crippen LogP contribution is 2.23. The van der Waals surface area contributed by atoms with Gasteiger partial charge in [-0.2, -0.15) is 0 Å². The Bertz CT molecular complexity index is 636. The van der Waals surface area contributed by atoms with E-state index in [1.807, 2.05) is 50.4 Å². The second-order valence-electron chi connectivity index (χ2n) is 6.25. The lowest BCUT2D eigenvalue weighted by Crippen LogP contribution is -2.32. The van der Waals surface area contributed by atoms with Crippen molar-refractivity contribution >= 4 is 23.1 Å². The first-order valence-electron chi connectivity index (χ1n) is 7.56. The van der Waals surface area contributed by atoms with Crippen LogP contribution in [0.4, 0.5) is 10.5 Å². The summed E-state index contributed by atoms with van der Waals surface area (Å²) in [5, 5.41) is 9.22. The fourth-order valence-corrected chi connectivity index (χ4v) is 2.69. The summed E-state index contributed by atoms with van der Waals surface area (Å²) in [6, 6.07) is 8.00. The van der Waals surface area contributed by atoms with Gasteiger partial charge in [0.1, 0.15) is 10.6 Å². The second-order valence-corrected chi connectivity index (χ2v) is 7.18. The van der Waals surface area contributed by atoms with Crippen LogP contribution in [0.25, 0.3) is 0 Å². The van der Waals surface area contributed by atoms with Crippen molar-refractivity contribution in [3.05, 3.63) is 46.4 Å². The van der Waals surface area contributed by atoms with Crippen LogP contribution in [0, 0.1) is 0 Å². The molecule has 5 nitrogen and oxygen atoms in total. The Morgan fingerprint density at radius 1 is 1.35 bits per heavy atom. The Labute approximate surface area is 141 Å². The highest BCUT2D eigenvalue weighted by atomic mass is 32.1. The molecule has 124 valence electrons. The molecule has 0 aliphatic carbocycles. The van der Waals surface area contributed by atoms with E-state index in [0.717, 1.165) is 16.3 Å². The zero-order valence-corrected chi connectivity index (χ0v) is 14.7. The minimum Gasteiger partial charge on any atom is -0.444 e. The van der Waals surface area contributed by atoms with E-state index in [2.05, 4.69) is 22.5 Å². The number of nitrogens with one attached hydrogen (secondary N) is 2. The Morgan fingerprint density at radius 3 is 2.74 bits per heavy atom. The number of alkyl carbamates (subject to hydrolysis) is 1. The molecule has 0 spiro atoms. The topological polar surface area (TPSA) is 63.2 Å². The molecule has 0 saturated carbocycles. The van der Waals surface area contributed by atoms with Crippen LogP contribution in [0.2, 0.25) is 0 Å². The van der Waals surface area contributed by atoms with Crippen LogP contribution < -0.4 is 10.6 Å². The first kappa shape index (κ1) is 17.3. The van der Waals surface area contributed by atoms with Crippen LogP contribution in [0.3, 0.4) is 0 Å². The van der Waals surface area contributed by atoms with E-state index < -0.39 is 11.7 Å². The van der Waals surface area contributed by atoms with Crippen LogP contribution >= 0.6 is 11.3 Å². The summed E-state index contributed by atoms with van der Waals surface area (Å²) in [6.07, 6.45) is 1.38. The zero-order valence-electron chi connectivity index (χ0n) is 13.9. The molecule has 1 amide bonds. The molecule has 0 radical (unpaired) electrons. The summed E-state index contributed by atoms with van der Waals surface area (Å²) in [6.45, 7) is 8.01. The fraction of sp³-hybridized carbons (Fsp3) is 0.412. The van der Waals surface area contributed by atoms with Gasteiger partial charge < -0.3 is 15.4 Å². The normalized spacial score (nSPS) is 12.5. The summed E-state index contributed by atoms with van der Waals surface area (Å²) >= 11 is 1.62. The first-order chi connectivity index (χ1) is 10.8. The van der Waals surface area contributed by atoms with E-state index in [0.29, 0.717) is 6.54 Å². The number of ether oxygens (including phenoxy) is 1. The van der Waals surface area contributed by atoms with Gasteiger partial charge in [0, 0.05) is 23.8 Å². The van der Waals surface area contributed by atoms with Gasteiger partial charge in [-0.15, -0.1) is 11.3 Å². The predicted octanol–water partition coefficient (Wildman–Crippen LogP) is 4.34. The number of para-hydroxylation sites is 1. The zero-order chi connectivity index (χ0) is 16.9. The number of carbonyl (C=O) groups excluding carboxylic acids is 1. The summed E-state index contributed by atoms with van der Waals surface area (Å²) in [5.74, 6) is 0. The maximum absolute atomic E-state index is 11.8. The van der Waals surface area contributed by atoms with Gasteiger partial charge in [-0.1, -0.05) is 18.2 Å². The number of rotatable bonds is 5. The Kier molecular flexibility index (Phi) is 5.60. The van der Waals surface area contributed by atoms with Crippen molar-refractivity contribution in [1.82, 2.24) is 10.3 Å². The molecule has 2 N–H and O–H groups in total. The average Bonchev–Trinajstić information content (AvgIpc) is 2.99. The Hall–Kier alpha value is -2.08. The highest BCUT2D eigenvalue weighted by Gasteiger charge is 2.16. The SMILES string of the molecule is CC(Nc1ccccc1CNC(=O)OC(C)(C)C)c1nccs1. The molecule has 1 aromatic heterocycles. The van der Waals surface area contributed by atoms with Crippen molar-refractivity contribution in [2.75, 3.05) is 5.32 Å². The van der Waals surface area contributed by atoms with Crippen molar-refractivity contribution in [3.8, 4) is 0 Å². The second kappa shape index (κ2) is 7.46. The minimum absolute atomic E-state index is 0.109. The van der Waals surface area contributed by atoms with Crippen LogP contribution in [0.15, 0.2) is 35.8 Å². The van der Waals surface area contributed by atoms with Gasteiger partial charge in [-0.25, -0.2) is 9.78 Å². The fourth-order valence-electron chi connectivity index (χ4n) is 2.04. The lowest BCUT2D eigenvalue weighted by Gasteiger charge is -2.20. The largest absolute Gasteiger partial charge is 0.444 e. The monoisotopic (exact) mass is 333 g/mol. The van der Waals surface area contributed by atoms with E-state index in [9.17, 15) is 4.79 Å². The van der Waals surface area contributed by atoms with E-state index in [1.165, 1.54) is 0 Å². The summed E-state index contributed by atoms with van der Waals surface area (Å²) < 4.78 is 5.26. The number of hydrogen-bond donors (Lipinski definition) is 2. The number of amides is 1. The van der Waals surface area contributed by atoms with E-state index >= 15 is 0 Å². The molecule has 1 aromatic carbocycles. The van der Waals surface area contributed by atoms with Crippen LogP contribution in [-0.2, 0) is 11.3 Å². The van der Waals surface area contributed by atoms with Gasteiger partial charge in [-0.05, 0) is 39.3 Å². The number of aromatic nitrogens is 1. The molecule has 1 heterocycles. The number of nitrogens with zero attached hydrogens (tertiary/aromatic N) is 1. The number of hydrogen-bond acceptors (Lipinski definition) is 5. The standard InChI is InChI=1S/C17H23N3O2S/c1-12(15-18-9-10-23-15)20-14-8-6-5-7-13(14)11-19-16(21)22-17(2,3)4/h5-10,12,20H,11H2,1-4H3,(H,19,21). The van der Waals surface area contributed by atoms with Crippen molar-refractivity contribution < 1.29 is 9.53 Å². The van der Waals surface area contributed by atoms with Gasteiger partial charge in [0.2, 0.25) is 0 Å². The van der Waals surface area contributed by atoms with Crippen LogP contribution in [0.5, 0.6) is 0 Å². The van der Waals surface area contributed by atoms with Gasteiger partial charge >= 0.3 is 6.09 Å². The van der Waals surface area contributed by atoms with Gasteiger partial charge in [0.05, 0.1) is 6.04 Å². The molecule has 0 aliphatic heterocycles. The smallest absolute Gasteiger partial charge is 0.407 e. The highest BCUT2D eigenvalue weighted by molar-refractivity contribution is 7.09. The molecule has 23 heavy (non-hydrogen) atoms. The lowest BCUT2D eigenvalue weighted by molar-refractivity contribution is 0.0523. The number of anilines is 1. The van der Waals surface area contributed by atoms with Crippen molar-refractivity contribution in [2.45, 2.75) is 45.9 Å². The quantitative estimate of drug-likeness (QED) is 0.854. The van der Waals surface area contributed by atoms with E-state index in [-0.39, 0.29) is 6.04 Å². The molecule has 1 unspecified atom stereocenters. The third kappa shape index (κ3) is 5.56.